The molecule has 2 aromatic carbocycles. The quantitative estimate of drug-likeness (QED) is 0.174. The Morgan fingerprint density at radius 3 is 2.43 bits per heavy atom. The van der Waals surface area contributed by atoms with Gasteiger partial charge in [-0.2, -0.15) is 4.99 Å². The number of pyridine rings is 1. The number of aryl methyl sites for hydroxylation is 2. The Hall–Kier alpha value is -2.76. The van der Waals surface area contributed by atoms with Crippen LogP contribution in [-0.2, 0) is 6.42 Å². The number of hydrogen-bond donors (Lipinski definition) is 0. The average molecular weight is 431 g/mol. The van der Waals surface area contributed by atoms with E-state index >= 15 is 0 Å². The lowest BCUT2D eigenvalue weighted by molar-refractivity contribution is 0.717. The van der Waals surface area contributed by atoms with E-state index in [2.05, 4.69) is 89.4 Å². The minimum absolute atomic E-state index is 0.447. The van der Waals surface area contributed by atoms with Crippen LogP contribution in [0.5, 0.6) is 0 Å². The van der Waals surface area contributed by atoms with Crippen LogP contribution in [0.25, 0.3) is 11.1 Å². The SMILES string of the molecule is CCCCCc1ccc(-c2ccc(C#Cc3ncc(N=C=S)cc3Cl)c(C)c2)cc1. The molecule has 0 amide bonds. The molecule has 0 saturated heterocycles. The topological polar surface area (TPSA) is 25.2 Å². The summed E-state index contributed by atoms with van der Waals surface area (Å²) in [6, 6.07) is 16.9. The molecule has 0 radical (unpaired) electrons. The van der Waals surface area contributed by atoms with Gasteiger partial charge in [-0.05, 0) is 72.3 Å². The van der Waals surface area contributed by atoms with Gasteiger partial charge in [-0.1, -0.05) is 73.7 Å². The van der Waals surface area contributed by atoms with Gasteiger partial charge in [0.25, 0.3) is 0 Å². The van der Waals surface area contributed by atoms with Crippen LogP contribution in [0.4, 0.5) is 5.69 Å². The molecular weight excluding hydrogens is 408 g/mol. The summed E-state index contributed by atoms with van der Waals surface area (Å²) in [5.41, 5.74) is 6.96. The second-order valence-corrected chi connectivity index (χ2v) is 7.75. The minimum atomic E-state index is 0.447. The molecule has 0 saturated carbocycles. The lowest BCUT2D eigenvalue weighted by Crippen LogP contribution is -1.88. The molecular formula is C26H23ClN2S. The molecule has 0 unspecified atom stereocenters. The predicted octanol–water partition coefficient (Wildman–Crippen LogP) is 7.58. The Morgan fingerprint density at radius 2 is 1.77 bits per heavy atom. The summed E-state index contributed by atoms with van der Waals surface area (Å²) >= 11 is 10.8. The molecule has 0 atom stereocenters. The van der Waals surface area contributed by atoms with Crippen molar-refractivity contribution in [2.75, 3.05) is 0 Å². The first-order chi connectivity index (χ1) is 14.6. The molecule has 0 bridgehead atoms. The number of benzene rings is 2. The van der Waals surface area contributed by atoms with E-state index in [9.17, 15) is 0 Å². The van der Waals surface area contributed by atoms with E-state index in [1.54, 1.807) is 12.3 Å². The number of aliphatic imine (C=N–C) groups is 1. The van der Waals surface area contributed by atoms with E-state index in [0.29, 0.717) is 16.4 Å². The third-order valence-corrected chi connectivity index (χ3v) is 5.28. The molecule has 0 spiro atoms. The van der Waals surface area contributed by atoms with Crippen LogP contribution in [0.15, 0.2) is 59.7 Å². The van der Waals surface area contributed by atoms with Gasteiger partial charge in [0.05, 0.1) is 22.1 Å². The second-order valence-electron chi connectivity index (χ2n) is 7.16. The van der Waals surface area contributed by atoms with Crippen molar-refractivity contribution in [1.29, 1.82) is 0 Å². The molecule has 0 N–H and O–H groups in total. The van der Waals surface area contributed by atoms with Crippen molar-refractivity contribution in [3.05, 3.63) is 82.1 Å². The zero-order valence-electron chi connectivity index (χ0n) is 17.2. The number of unbranched alkanes of at least 4 members (excludes halogenated alkanes) is 2. The van der Waals surface area contributed by atoms with Gasteiger partial charge in [0.2, 0.25) is 0 Å². The molecule has 3 aromatic rings. The first-order valence-corrected chi connectivity index (χ1v) is 10.8. The normalized spacial score (nSPS) is 10.1. The van der Waals surface area contributed by atoms with Gasteiger partial charge >= 0.3 is 0 Å². The number of thiocarbonyl (C=S) groups is 1. The highest BCUT2D eigenvalue weighted by molar-refractivity contribution is 7.78. The maximum atomic E-state index is 6.24. The smallest absolute Gasteiger partial charge is 0.132 e. The number of hydrogen-bond acceptors (Lipinski definition) is 3. The average Bonchev–Trinajstić information content (AvgIpc) is 2.75. The third-order valence-electron chi connectivity index (χ3n) is 4.90. The van der Waals surface area contributed by atoms with Gasteiger partial charge in [0.15, 0.2) is 0 Å². The summed E-state index contributed by atoms with van der Waals surface area (Å²) in [4.78, 5) is 8.13. The van der Waals surface area contributed by atoms with Crippen molar-refractivity contribution in [1.82, 2.24) is 4.98 Å². The predicted molar refractivity (Wildman–Crippen MR) is 130 cm³/mol. The Morgan fingerprint density at radius 1 is 1.00 bits per heavy atom. The van der Waals surface area contributed by atoms with Crippen molar-refractivity contribution in [3.63, 3.8) is 0 Å². The molecule has 150 valence electrons. The Kier molecular flexibility index (Phi) is 7.94. The summed E-state index contributed by atoms with van der Waals surface area (Å²) in [6.07, 6.45) is 6.52. The van der Waals surface area contributed by atoms with E-state index in [0.717, 1.165) is 17.5 Å². The van der Waals surface area contributed by atoms with Crippen LogP contribution in [0.2, 0.25) is 5.02 Å². The van der Waals surface area contributed by atoms with Gasteiger partial charge in [0.1, 0.15) is 5.69 Å². The van der Waals surface area contributed by atoms with E-state index in [1.807, 2.05) is 6.07 Å². The molecule has 0 aliphatic heterocycles. The molecule has 4 heteroatoms. The first-order valence-electron chi connectivity index (χ1n) is 10.1. The lowest BCUT2D eigenvalue weighted by atomic mass is 9.98. The van der Waals surface area contributed by atoms with Crippen molar-refractivity contribution >= 4 is 34.7 Å². The largest absolute Gasteiger partial charge is 0.244 e. The van der Waals surface area contributed by atoms with E-state index in [4.69, 9.17) is 11.6 Å². The number of aromatic nitrogens is 1. The molecule has 0 aliphatic carbocycles. The summed E-state index contributed by atoms with van der Waals surface area (Å²) in [6.45, 7) is 4.30. The molecule has 0 aliphatic rings. The van der Waals surface area contributed by atoms with Gasteiger partial charge in [0, 0.05) is 5.56 Å². The Balaban J connectivity index is 1.76. The number of halogens is 1. The fraction of sp³-hybridized carbons (Fsp3) is 0.231. The highest BCUT2D eigenvalue weighted by Gasteiger charge is 2.03. The second kappa shape index (κ2) is 10.9. The van der Waals surface area contributed by atoms with Gasteiger partial charge in [-0.25, -0.2) is 4.98 Å². The molecule has 30 heavy (non-hydrogen) atoms. The fourth-order valence-corrected chi connectivity index (χ4v) is 3.50. The van der Waals surface area contributed by atoms with Crippen molar-refractivity contribution in [2.24, 2.45) is 4.99 Å². The molecule has 2 nitrogen and oxygen atoms in total. The summed E-state index contributed by atoms with van der Waals surface area (Å²) < 4.78 is 0. The third kappa shape index (κ3) is 5.88. The summed E-state index contributed by atoms with van der Waals surface area (Å²) in [7, 11) is 0. The zero-order valence-corrected chi connectivity index (χ0v) is 18.8. The van der Waals surface area contributed by atoms with Crippen molar-refractivity contribution < 1.29 is 0 Å². The maximum absolute atomic E-state index is 6.24. The van der Waals surface area contributed by atoms with Crippen LogP contribution in [-0.4, -0.2) is 10.1 Å². The minimum Gasteiger partial charge on any atom is -0.244 e. The number of nitrogens with zero attached hydrogens (tertiary/aromatic N) is 2. The fourth-order valence-electron chi connectivity index (χ4n) is 3.19. The number of rotatable bonds is 6. The molecule has 3 rings (SSSR count). The summed E-state index contributed by atoms with van der Waals surface area (Å²) in [5, 5.41) is 2.75. The first kappa shape index (κ1) is 21.9. The van der Waals surface area contributed by atoms with E-state index in [1.165, 1.54) is 36.0 Å². The van der Waals surface area contributed by atoms with Crippen molar-refractivity contribution in [3.8, 4) is 23.0 Å². The monoisotopic (exact) mass is 430 g/mol. The standard InChI is InChI=1S/C26H23ClN2S/c1-3-4-5-6-20-7-9-22(10-8-20)23-12-11-21(19(2)15-23)13-14-26-25(27)16-24(17-28-26)29-18-30/h7-12,15-17H,3-6H2,1-2H3. The van der Waals surface area contributed by atoms with Crippen LogP contribution < -0.4 is 0 Å². The van der Waals surface area contributed by atoms with Gasteiger partial charge in [-0.3, -0.25) is 0 Å². The highest BCUT2D eigenvalue weighted by Crippen LogP contribution is 2.24. The summed E-state index contributed by atoms with van der Waals surface area (Å²) in [5.74, 6) is 6.22. The van der Waals surface area contributed by atoms with E-state index < -0.39 is 0 Å². The van der Waals surface area contributed by atoms with Gasteiger partial charge < -0.3 is 0 Å². The molecule has 0 fully saturated rings. The van der Waals surface area contributed by atoms with Crippen molar-refractivity contribution in [2.45, 2.75) is 39.5 Å². The highest BCUT2D eigenvalue weighted by atomic mass is 35.5. The Bertz CT molecular complexity index is 1130. The molecule has 1 heterocycles. The van der Waals surface area contributed by atoms with Crippen LogP contribution in [0, 0.1) is 18.8 Å². The Labute approximate surface area is 189 Å². The maximum Gasteiger partial charge on any atom is 0.132 e. The van der Waals surface area contributed by atoms with Crippen LogP contribution in [0.3, 0.4) is 0 Å². The lowest BCUT2D eigenvalue weighted by Gasteiger charge is -2.07. The van der Waals surface area contributed by atoms with Crippen LogP contribution in [0.1, 0.15) is 48.6 Å². The number of isothiocyanates is 1. The zero-order chi connectivity index (χ0) is 21.3. The van der Waals surface area contributed by atoms with Gasteiger partial charge in [-0.15, -0.1) is 0 Å². The molecule has 1 aromatic heterocycles. The van der Waals surface area contributed by atoms with E-state index in [-0.39, 0.29) is 0 Å². The van der Waals surface area contributed by atoms with Crippen LogP contribution >= 0.6 is 23.8 Å².